The fourth-order valence-electron chi connectivity index (χ4n) is 5.95. The molecule has 0 radical (unpaired) electrons. The van der Waals surface area contributed by atoms with Crippen LogP contribution in [0.5, 0.6) is 11.6 Å². The van der Waals surface area contributed by atoms with E-state index < -0.39 is 33.7 Å². The van der Waals surface area contributed by atoms with Gasteiger partial charge in [-0.25, -0.2) is 28.1 Å². The van der Waals surface area contributed by atoms with Gasteiger partial charge in [0.1, 0.15) is 18.1 Å². The lowest BCUT2D eigenvalue weighted by molar-refractivity contribution is 0.0553. The maximum Gasteiger partial charge on any atom is 0.264 e. The number of aryl methyl sites for hydroxylation is 2. The molecule has 0 saturated heterocycles. The van der Waals surface area contributed by atoms with E-state index in [0.717, 1.165) is 43.2 Å². The number of benzene rings is 2. The van der Waals surface area contributed by atoms with Gasteiger partial charge in [-0.3, -0.25) is 4.79 Å². The minimum absolute atomic E-state index is 0.0175. The lowest BCUT2D eigenvalue weighted by Crippen LogP contribution is -2.44. The third kappa shape index (κ3) is 6.62. The molecule has 1 N–H and O–H groups in total. The highest BCUT2D eigenvalue weighted by atomic mass is 32.2. The number of fused-ring (bicyclic) bond motifs is 4. The predicted molar refractivity (Wildman–Crippen MR) is 171 cm³/mol. The zero-order valence-corrected chi connectivity index (χ0v) is 27.0. The maximum atomic E-state index is 16.3. The number of hydrogen-bond acceptors (Lipinski definition) is 9. The van der Waals surface area contributed by atoms with Crippen LogP contribution in [-0.2, 0) is 16.6 Å². The summed E-state index contributed by atoms with van der Waals surface area (Å²) in [5, 5.41) is 0. The van der Waals surface area contributed by atoms with Crippen molar-refractivity contribution in [1.82, 2.24) is 24.8 Å². The van der Waals surface area contributed by atoms with Crippen LogP contribution in [0, 0.1) is 25.6 Å². The topological polar surface area (TPSA) is 136 Å². The fraction of sp³-hybridized carbons (Fsp3) is 0.382. The quantitative estimate of drug-likeness (QED) is 0.268. The number of carbonyl (C=O) groups is 1. The standard InChI is InChI=1S/C34H35FN6O5S/c1-20-6-3-7-21(2)29(20)31-30(35)32-39-34(38-31)40-47(43,44)27-11-4-8-23(15-27)33(42)41(24(19-45-32)14-22-12-13-22)18-28-36-16-26(17-37-28)46-25-9-5-10-25/h3-4,6-8,11,15-17,22,24-25H,5,9-10,12-14,18-19H2,1-2H3,(H,38,39,40)/t24-/m1/s1. The Morgan fingerprint density at radius 2 is 1.74 bits per heavy atom. The molecule has 47 heavy (non-hydrogen) atoms. The predicted octanol–water partition coefficient (Wildman–Crippen LogP) is 5.63. The van der Waals surface area contributed by atoms with Crippen LogP contribution in [-0.4, -0.2) is 57.9 Å². The van der Waals surface area contributed by atoms with Crippen molar-refractivity contribution in [3.8, 4) is 22.9 Å². The first-order valence-electron chi connectivity index (χ1n) is 15.8. The molecule has 4 bridgehead atoms. The first-order valence-corrected chi connectivity index (χ1v) is 17.3. The van der Waals surface area contributed by atoms with E-state index in [1.54, 1.807) is 23.4 Å². The number of nitrogens with one attached hydrogen (secondary N) is 1. The van der Waals surface area contributed by atoms with E-state index in [-0.39, 0.29) is 41.4 Å². The molecule has 244 valence electrons. The Morgan fingerprint density at radius 1 is 1.02 bits per heavy atom. The second kappa shape index (κ2) is 12.5. The molecule has 0 unspecified atom stereocenters. The number of sulfonamides is 1. The van der Waals surface area contributed by atoms with Gasteiger partial charge in [-0.2, -0.15) is 9.37 Å². The van der Waals surface area contributed by atoms with E-state index in [0.29, 0.717) is 29.5 Å². The molecule has 2 aliphatic carbocycles. The summed E-state index contributed by atoms with van der Waals surface area (Å²) in [5.74, 6) is -0.710. The van der Waals surface area contributed by atoms with Crippen LogP contribution in [0.25, 0.3) is 11.3 Å². The van der Waals surface area contributed by atoms with E-state index >= 15 is 4.39 Å². The third-order valence-corrected chi connectivity index (χ3v) is 10.2. The van der Waals surface area contributed by atoms with Crippen molar-refractivity contribution in [3.63, 3.8) is 0 Å². The van der Waals surface area contributed by atoms with Crippen LogP contribution in [0.4, 0.5) is 10.3 Å². The first kappa shape index (κ1) is 31.0. The smallest absolute Gasteiger partial charge is 0.264 e. The number of anilines is 1. The number of amides is 1. The Balaban J connectivity index is 1.31. The molecular formula is C34H35FN6O5S. The van der Waals surface area contributed by atoms with Gasteiger partial charge in [-0.05, 0) is 74.8 Å². The molecule has 2 aromatic carbocycles. The molecule has 3 aliphatic rings. The van der Waals surface area contributed by atoms with Gasteiger partial charge in [0.25, 0.3) is 21.8 Å². The van der Waals surface area contributed by atoms with Crippen LogP contribution in [0.1, 0.15) is 65.8 Å². The molecule has 0 spiro atoms. The Morgan fingerprint density at radius 3 is 2.43 bits per heavy atom. The molecule has 13 heteroatoms. The zero-order valence-electron chi connectivity index (χ0n) is 26.1. The second-order valence-corrected chi connectivity index (χ2v) is 14.2. The Labute approximate surface area is 272 Å². The van der Waals surface area contributed by atoms with Crippen LogP contribution in [0.15, 0.2) is 59.8 Å². The number of ether oxygens (including phenoxy) is 2. The summed E-state index contributed by atoms with van der Waals surface area (Å²) in [7, 11) is -4.29. The molecule has 2 saturated carbocycles. The van der Waals surface area contributed by atoms with E-state index in [1.165, 1.54) is 18.2 Å². The monoisotopic (exact) mass is 658 g/mol. The van der Waals surface area contributed by atoms with Gasteiger partial charge in [0.15, 0.2) is 5.75 Å². The van der Waals surface area contributed by atoms with Crippen LogP contribution < -0.4 is 14.2 Å². The van der Waals surface area contributed by atoms with Gasteiger partial charge in [0.2, 0.25) is 11.8 Å². The molecule has 2 aromatic heterocycles. The van der Waals surface area contributed by atoms with E-state index in [2.05, 4.69) is 24.7 Å². The molecule has 2 fully saturated rings. The lowest BCUT2D eigenvalue weighted by atomic mass is 9.96. The number of hydrogen-bond donors (Lipinski definition) is 1. The van der Waals surface area contributed by atoms with Crippen molar-refractivity contribution >= 4 is 21.9 Å². The minimum Gasteiger partial charge on any atom is -0.487 e. The number of halogens is 1. The summed E-state index contributed by atoms with van der Waals surface area (Å²) in [6, 6.07) is 10.7. The molecule has 11 nitrogen and oxygen atoms in total. The number of carbonyl (C=O) groups excluding carboxylic acids is 1. The van der Waals surface area contributed by atoms with Crippen molar-refractivity contribution in [3.05, 3.63) is 83.2 Å². The highest BCUT2D eigenvalue weighted by molar-refractivity contribution is 7.92. The van der Waals surface area contributed by atoms with Gasteiger partial charge >= 0.3 is 0 Å². The Kier molecular flexibility index (Phi) is 8.25. The van der Waals surface area contributed by atoms with Crippen molar-refractivity contribution in [2.45, 2.75) is 76.0 Å². The molecular weight excluding hydrogens is 623 g/mol. The highest BCUT2D eigenvalue weighted by Gasteiger charge is 2.34. The molecule has 3 heterocycles. The molecule has 1 amide bonds. The van der Waals surface area contributed by atoms with Crippen LogP contribution >= 0.6 is 0 Å². The summed E-state index contributed by atoms with van der Waals surface area (Å²) < 4.78 is 57.8. The lowest BCUT2D eigenvalue weighted by Gasteiger charge is -2.32. The molecule has 7 rings (SSSR count). The van der Waals surface area contributed by atoms with E-state index in [9.17, 15) is 13.2 Å². The molecule has 1 aliphatic heterocycles. The molecule has 1 atom stereocenters. The summed E-state index contributed by atoms with van der Waals surface area (Å²) >= 11 is 0. The van der Waals surface area contributed by atoms with Crippen molar-refractivity contribution in [2.24, 2.45) is 5.92 Å². The van der Waals surface area contributed by atoms with E-state index in [1.807, 2.05) is 32.0 Å². The van der Waals surface area contributed by atoms with Crippen molar-refractivity contribution in [2.75, 3.05) is 11.3 Å². The van der Waals surface area contributed by atoms with Gasteiger partial charge in [-0.1, -0.05) is 37.1 Å². The number of aromatic nitrogens is 4. The third-order valence-electron chi connectivity index (χ3n) is 8.92. The van der Waals surface area contributed by atoms with Crippen LogP contribution in [0.2, 0.25) is 0 Å². The maximum absolute atomic E-state index is 16.3. The van der Waals surface area contributed by atoms with Gasteiger partial charge in [0, 0.05) is 11.1 Å². The minimum atomic E-state index is -4.29. The zero-order chi connectivity index (χ0) is 32.7. The van der Waals surface area contributed by atoms with E-state index in [4.69, 9.17) is 9.47 Å². The first-order chi connectivity index (χ1) is 22.6. The highest BCUT2D eigenvalue weighted by Crippen LogP contribution is 2.37. The van der Waals surface area contributed by atoms with Gasteiger partial charge in [0.05, 0.1) is 36.0 Å². The largest absolute Gasteiger partial charge is 0.487 e. The van der Waals surface area contributed by atoms with Crippen LogP contribution in [0.3, 0.4) is 0 Å². The van der Waals surface area contributed by atoms with Crippen molar-refractivity contribution < 1.29 is 27.1 Å². The number of nitrogens with zero attached hydrogens (tertiary/aromatic N) is 5. The Hall–Kier alpha value is -4.65. The van der Waals surface area contributed by atoms with Crippen molar-refractivity contribution in [1.29, 1.82) is 0 Å². The number of rotatable bonds is 7. The van der Waals surface area contributed by atoms with Gasteiger partial charge < -0.3 is 14.4 Å². The average molecular weight is 659 g/mol. The summed E-state index contributed by atoms with van der Waals surface area (Å²) in [6.07, 6.45) is 9.10. The summed E-state index contributed by atoms with van der Waals surface area (Å²) in [4.78, 5) is 33.1. The summed E-state index contributed by atoms with van der Waals surface area (Å²) in [5.41, 5.74) is 2.09. The average Bonchev–Trinajstić information content (AvgIpc) is 3.85. The normalized spacial score (nSPS) is 19.3. The van der Waals surface area contributed by atoms with Gasteiger partial charge in [-0.15, -0.1) is 0 Å². The fourth-order valence-corrected chi connectivity index (χ4v) is 6.94. The Bertz CT molecular complexity index is 1910. The summed E-state index contributed by atoms with van der Waals surface area (Å²) in [6.45, 7) is 3.57. The second-order valence-electron chi connectivity index (χ2n) is 12.5. The molecule has 4 aromatic rings. The SMILES string of the molecule is Cc1cccc(C)c1-c1nc2nc(c1F)OC[C@@H](CC1CC1)N(Cc1ncc(OC3CCC3)cn1)C(=O)c1cccc(c1)S(=O)(=O)N2.